The van der Waals surface area contributed by atoms with Crippen LogP contribution in [0, 0.1) is 6.92 Å². The van der Waals surface area contributed by atoms with Crippen LogP contribution in [0.2, 0.25) is 5.02 Å². The van der Waals surface area contributed by atoms with Gasteiger partial charge in [-0.15, -0.1) is 0 Å². The number of benzene rings is 1. The summed E-state index contributed by atoms with van der Waals surface area (Å²) < 4.78 is 4.84. The van der Waals surface area contributed by atoms with Crippen molar-refractivity contribution in [2.45, 2.75) is 13.5 Å². The molecule has 20 heavy (non-hydrogen) atoms. The summed E-state index contributed by atoms with van der Waals surface area (Å²) in [5, 5.41) is 18.7. The molecule has 0 bridgehead atoms. The van der Waals surface area contributed by atoms with E-state index in [1.54, 1.807) is 31.2 Å². The zero-order valence-corrected chi connectivity index (χ0v) is 11.6. The van der Waals surface area contributed by atoms with Gasteiger partial charge in [0.25, 0.3) is 0 Å². The highest BCUT2D eigenvalue weighted by molar-refractivity contribution is 6.33. The maximum atomic E-state index is 11.7. The Balaban J connectivity index is 1.93. The van der Waals surface area contributed by atoms with Crippen LogP contribution >= 0.6 is 11.6 Å². The van der Waals surface area contributed by atoms with E-state index in [9.17, 15) is 4.79 Å². The second kappa shape index (κ2) is 6.40. The Bertz CT molecular complexity index is 613. The van der Waals surface area contributed by atoms with Crippen LogP contribution in [0.3, 0.4) is 0 Å². The van der Waals surface area contributed by atoms with E-state index in [0.717, 1.165) is 0 Å². The number of aliphatic hydroxyl groups excluding tert-OH is 1. The number of carbonyl (C=O) groups is 1. The first kappa shape index (κ1) is 14.4. The van der Waals surface area contributed by atoms with Crippen molar-refractivity contribution >= 4 is 29.0 Å². The zero-order chi connectivity index (χ0) is 14.5. The smallest absolute Gasteiger partial charge is 0.244 e. The molecule has 0 aliphatic rings. The molecule has 0 atom stereocenters. The summed E-state index contributed by atoms with van der Waals surface area (Å²) in [7, 11) is 0. The number of amides is 1. The van der Waals surface area contributed by atoms with Gasteiger partial charge in [-0.1, -0.05) is 22.8 Å². The Morgan fingerprint density at radius 2 is 2.25 bits per heavy atom. The molecule has 1 aromatic heterocycles. The molecule has 6 nitrogen and oxygen atoms in total. The van der Waals surface area contributed by atoms with Gasteiger partial charge < -0.3 is 20.3 Å². The zero-order valence-electron chi connectivity index (χ0n) is 10.8. The lowest BCUT2D eigenvalue weighted by Crippen LogP contribution is -2.22. The van der Waals surface area contributed by atoms with Crippen molar-refractivity contribution in [3.8, 4) is 0 Å². The van der Waals surface area contributed by atoms with Crippen LogP contribution in [0.4, 0.5) is 11.5 Å². The Kier molecular flexibility index (Phi) is 4.60. The molecule has 0 radical (unpaired) electrons. The van der Waals surface area contributed by atoms with Crippen molar-refractivity contribution in [2.75, 3.05) is 17.2 Å². The number of halogens is 1. The van der Waals surface area contributed by atoms with E-state index in [-0.39, 0.29) is 19.1 Å². The van der Waals surface area contributed by atoms with Gasteiger partial charge in [-0.25, -0.2) is 0 Å². The van der Waals surface area contributed by atoms with E-state index in [1.807, 2.05) is 0 Å². The Morgan fingerprint density at radius 1 is 1.45 bits per heavy atom. The highest BCUT2D eigenvalue weighted by atomic mass is 35.5. The monoisotopic (exact) mass is 295 g/mol. The molecule has 1 amide bonds. The minimum atomic E-state index is -0.274. The van der Waals surface area contributed by atoms with Gasteiger partial charge in [0.15, 0.2) is 5.82 Å². The summed E-state index contributed by atoms with van der Waals surface area (Å²) in [5.41, 5.74) is 1.30. The second-order valence-electron chi connectivity index (χ2n) is 4.20. The number of hydrogen-bond donors (Lipinski definition) is 3. The molecule has 1 aromatic carbocycles. The fourth-order valence-corrected chi connectivity index (χ4v) is 1.78. The van der Waals surface area contributed by atoms with Crippen molar-refractivity contribution in [3.05, 3.63) is 40.6 Å². The Morgan fingerprint density at radius 3 is 2.90 bits per heavy atom. The van der Waals surface area contributed by atoms with Crippen molar-refractivity contribution in [3.63, 3.8) is 0 Å². The average Bonchev–Trinajstić information content (AvgIpc) is 2.83. The summed E-state index contributed by atoms with van der Waals surface area (Å²) >= 11 is 6.00. The van der Waals surface area contributed by atoms with Gasteiger partial charge in [0, 0.05) is 6.07 Å². The van der Waals surface area contributed by atoms with Crippen molar-refractivity contribution in [1.29, 1.82) is 0 Å². The first-order chi connectivity index (χ1) is 9.58. The van der Waals surface area contributed by atoms with E-state index in [0.29, 0.717) is 27.9 Å². The van der Waals surface area contributed by atoms with Gasteiger partial charge in [0.2, 0.25) is 5.91 Å². The Labute approximate surface area is 120 Å². The fourth-order valence-electron chi connectivity index (χ4n) is 1.59. The van der Waals surface area contributed by atoms with Crippen molar-refractivity contribution in [2.24, 2.45) is 0 Å². The number of nitrogens with zero attached hydrogens (tertiary/aromatic N) is 1. The number of aromatic nitrogens is 1. The molecule has 0 fully saturated rings. The number of hydrogen-bond acceptors (Lipinski definition) is 5. The molecule has 106 valence electrons. The third kappa shape index (κ3) is 3.72. The van der Waals surface area contributed by atoms with Crippen LogP contribution in [-0.4, -0.2) is 22.7 Å². The van der Waals surface area contributed by atoms with Crippen LogP contribution in [0.25, 0.3) is 0 Å². The molecule has 0 spiro atoms. The minimum absolute atomic E-state index is 0.0283. The van der Waals surface area contributed by atoms with Crippen molar-refractivity contribution < 1.29 is 14.4 Å². The SMILES string of the molecule is Cc1cc(NC(=O)CNc2cc(CO)ccc2Cl)no1. The van der Waals surface area contributed by atoms with Gasteiger partial charge in [0.05, 0.1) is 23.9 Å². The van der Waals surface area contributed by atoms with Crippen LogP contribution < -0.4 is 10.6 Å². The molecular formula is C13H14ClN3O3. The van der Waals surface area contributed by atoms with E-state index in [4.69, 9.17) is 21.2 Å². The van der Waals surface area contributed by atoms with Crippen LogP contribution in [-0.2, 0) is 11.4 Å². The molecule has 0 aliphatic carbocycles. The van der Waals surface area contributed by atoms with Gasteiger partial charge in [-0.05, 0) is 24.6 Å². The van der Waals surface area contributed by atoms with Crippen LogP contribution in [0.1, 0.15) is 11.3 Å². The predicted octanol–water partition coefficient (Wildman–Crippen LogP) is 2.18. The third-order valence-corrected chi connectivity index (χ3v) is 2.88. The number of carbonyl (C=O) groups excluding carboxylic acids is 1. The fraction of sp³-hybridized carbons (Fsp3) is 0.231. The molecule has 0 saturated heterocycles. The molecule has 0 saturated carbocycles. The number of rotatable bonds is 5. The van der Waals surface area contributed by atoms with E-state index in [1.165, 1.54) is 0 Å². The summed E-state index contributed by atoms with van der Waals surface area (Å²) in [4.78, 5) is 11.7. The molecule has 3 N–H and O–H groups in total. The number of anilines is 2. The summed E-state index contributed by atoms with van der Waals surface area (Å²) in [6.07, 6.45) is 0. The summed E-state index contributed by atoms with van der Waals surface area (Å²) in [6.45, 7) is 1.68. The molecule has 2 aromatic rings. The minimum Gasteiger partial charge on any atom is -0.392 e. The molecule has 2 rings (SSSR count). The quantitative estimate of drug-likeness (QED) is 0.787. The molecule has 7 heteroatoms. The van der Waals surface area contributed by atoms with Gasteiger partial charge in [-0.2, -0.15) is 0 Å². The lowest BCUT2D eigenvalue weighted by molar-refractivity contribution is -0.114. The first-order valence-corrected chi connectivity index (χ1v) is 6.32. The number of aryl methyl sites for hydroxylation is 1. The molecule has 0 unspecified atom stereocenters. The van der Waals surface area contributed by atoms with Crippen molar-refractivity contribution in [1.82, 2.24) is 5.16 Å². The van der Waals surface area contributed by atoms with Crippen LogP contribution in [0.5, 0.6) is 0 Å². The first-order valence-electron chi connectivity index (χ1n) is 5.95. The highest BCUT2D eigenvalue weighted by Gasteiger charge is 2.07. The summed E-state index contributed by atoms with van der Waals surface area (Å²) in [5.74, 6) is 0.709. The maximum Gasteiger partial charge on any atom is 0.244 e. The number of aliphatic hydroxyl groups is 1. The van der Waals surface area contributed by atoms with E-state index in [2.05, 4.69) is 15.8 Å². The summed E-state index contributed by atoms with van der Waals surface area (Å²) in [6, 6.07) is 6.69. The normalized spacial score (nSPS) is 10.3. The molecule has 0 aliphatic heterocycles. The van der Waals surface area contributed by atoms with Gasteiger partial charge in [-0.3, -0.25) is 4.79 Å². The predicted molar refractivity (Wildman–Crippen MR) is 75.7 cm³/mol. The Hall–Kier alpha value is -2.05. The van der Waals surface area contributed by atoms with Crippen LogP contribution in [0.15, 0.2) is 28.8 Å². The van der Waals surface area contributed by atoms with E-state index >= 15 is 0 Å². The molecule has 1 heterocycles. The lowest BCUT2D eigenvalue weighted by Gasteiger charge is -2.09. The maximum absolute atomic E-state index is 11.7. The third-order valence-electron chi connectivity index (χ3n) is 2.55. The standard InChI is InChI=1S/C13H14ClN3O3/c1-8-4-12(17-20-8)16-13(19)6-15-11-5-9(7-18)2-3-10(11)14/h2-5,15,18H,6-7H2,1H3,(H,16,17,19). The average molecular weight is 296 g/mol. The highest BCUT2D eigenvalue weighted by Crippen LogP contribution is 2.22. The second-order valence-corrected chi connectivity index (χ2v) is 4.60. The van der Waals surface area contributed by atoms with Gasteiger partial charge in [0.1, 0.15) is 5.76 Å². The van der Waals surface area contributed by atoms with E-state index < -0.39 is 0 Å². The molecular weight excluding hydrogens is 282 g/mol. The number of nitrogens with one attached hydrogen (secondary N) is 2. The topological polar surface area (TPSA) is 87.4 Å². The van der Waals surface area contributed by atoms with Gasteiger partial charge >= 0.3 is 0 Å². The largest absolute Gasteiger partial charge is 0.392 e. The lowest BCUT2D eigenvalue weighted by atomic mass is 10.2.